The van der Waals surface area contributed by atoms with E-state index in [-0.39, 0.29) is 23.0 Å². The van der Waals surface area contributed by atoms with E-state index in [9.17, 15) is 9.18 Å². The molecule has 8 heteroatoms. The number of hydrogen-bond acceptors (Lipinski definition) is 6. The van der Waals surface area contributed by atoms with Gasteiger partial charge in [0.1, 0.15) is 5.70 Å². The number of nitrogens with two attached hydrogens (primary N) is 3. The molecule has 0 atom stereocenters. The first-order valence-electron chi connectivity index (χ1n) is 8.02. The van der Waals surface area contributed by atoms with Crippen molar-refractivity contribution in [3.63, 3.8) is 0 Å². The zero-order valence-corrected chi connectivity index (χ0v) is 14.7. The molecule has 0 aliphatic rings. The average Bonchev–Trinajstić information content (AvgIpc) is 2.65. The van der Waals surface area contributed by atoms with Gasteiger partial charge in [-0.2, -0.15) is 0 Å². The van der Waals surface area contributed by atoms with Crippen molar-refractivity contribution in [1.82, 2.24) is 10.3 Å². The van der Waals surface area contributed by atoms with E-state index in [0.717, 1.165) is 6.42 Å². The van der Waals surface area contributed by atoms with E-state index in [4.69, 9.17) is 21.9 Å². The van der Waals surface area contributed by atoms with Crippen LogP contribution in [0.3, 0.4) is 0 Å². The summed E-state index contributed by atoms with van der Waals surface area (Å²) < 4.78 is 18.8. The molecule has 26 heavy (non-hydrogen) atoms. The van der Waals surface area contributed by atoms with Gasteiger partial charge < -0.3 is 27.3 Å². The van der Waals surface area contributed by atoms with Crippen LogP contribution in [0.1, 0.15) is 18.9 Å². The molecule has 138 valence electrons. The predicted octanol–water partition coefficient (Wildman–Crippen LogP) is 1.59. The molecule has 0 fully saturated rings. The van der Waals surface area contributed by atoms with E-state index in [1.54, 1.807) is 18.2 Å². The Hall–Kier alpha value is -3.29. The highest BCUT2D eigenvalue weighted by molar-refractivity contribution is 6.01. The molecule has 0 radical (unpaired) electrons. The van der Waals surface area contributed by atoms with Crippen LogP contribution in [0, 0.1) is 5.82 Å². The van der Waals surface area contributed by atoms with Crippen LogP contribution in [0.15, 0.2) is 36.2 Å². The van der Waals surface area contributed by atoms with E-state index < -0.39 is 11.7 Å². The minimum atomic E-state index is -0.614. The van der Waals surface area contributed by atoms with Crippen LogP contribution in [-0.2, 0) is 4.79 Å². The molecule has 7 nitrogen and oxygen atoms in total. The Morgan fingerprint density at radius 1 is 1.35 bits per heavy atom. The number of amides is 1. The van der Waals surface area contributed by atoms with E-state index in [2.05, 4.69) is 10.3 Å². The van der Waals surface area contributed by atoms with Crippen molar-refractivity contribution in [2.24, 2.45) is 11.5 Å². The van der Waals surface area contributed by atoms with Crippen LogP contribution in [-0.4, -0.2) is 24.5 Å². The molecule has 1 aromatic carbocycles. The topological polar surface area (TPSA) is 129 Å². The molecule has 1 aromatic heterocycles. The van der Waals surface area contributed by atoms with Gasteiger partial charge in [0.25, 0.3) is 5.91 Å². The van der Waals surface area contributed by atoms with Gasteiger partial charge >= 0.3 is 0 Å². The molecule has 0 saturated heterocycles. The summed E-state index contributed by atoms with van der Waals surface area (Å²) in [5, 5.41) is 2.65. The second-order valence-electron chi connectivity index (χ2n) is 5.57. The number of hydrogen-bond donors (Lipinski definition) is 4. The minimum absolute atomic E-state index is 0.0555. The number of benzene rings is 1. The Morgan fingerprint density at radius 3 is 2.69 bits per heavy atom. The number of methoxy groups -OCH3 is 1. The van der Waals surface area contributed by atoms with Gasteiger partial charge in [0.2, 0.25) is 5.88 Å². The Balaban J connectivity index is 2.46. The lowest BCUT2D eigenvalue weighted by molar-refractivity contribution is -0.117. The number of para-hydroxylation sites is 1. The number of carbonyl (C=O) groups excluding carboxylic acids is 1. The lowest BCUT2D eigenvalue weighted by atomic mass is 9.99. The molecule has 0 saturated carbocycles. The van der Waals surface area contributed by atoms with Crippen molar-refractivity contribution < 1.29 is 13.9 Å². The molecule has 0 aliphatic carbocycles. The van der Waals surface area contributed by atoms with Gasteiger partial charge in [-0.1, -0.05) is 25.1 Å². The molecule has 2 rings (SSSR count). The first kappa shape index (κ1) is 19.0. The second kappa shape index (κ2) is 8.19. The number of halogens is 1. The Labute approximate surface area is 151 Å². The maximum absolute atomic E-state index is 13.9. The Morgan fingerprint density at radius 2 is 2.08 bits per heavy atom. The zero-order chi connectivity index (χ0) is 19.3. The number of ether oxygens (including phenoxy) is 1. The molecule has 1 amide bonds. The molecule has 2 aromatic rings. The summed E-state index contributed by atoms with van der Waals surface area (Å²) in [4.78, 5) is 15.9. The molecule has 0 unspecified atom stereocenters. The van der Waals surface area contributed by atoms with E-state index in [0.29, 0.717) is 23.2 Å². The van der Waals surface area contributed by atoms with Crippen LogP contribution >= 0.6 is 0 Å². The summed E-state index contributed by atoms with van der Waals surface area (Å²) in [5.74, 6) is -1.19. The number of anilines is 1. The van der Waals surface area contributed by atoms with E-state index >= 15 is 0 Å². The molecule has 1 heterocycles. The third kappa shape index (κ3) is 3.85. The van der Waals surface area contributed by atoms with Crippen LogP contribution in [0.4, 0.5) is 10.1 Å². The van der Waals surface area contributed by atoms with Gasteiger partial charge in [0, 0.05) is 35.1 Å². The van der Waals surface area contributed by atoms with Gasteiger partial charge in [0.15, 0.2) is 5.82 Å². The molecular weight excluding hydrogens is 337 g/mol. The summed E-state index contributed by atoms with van der Waals surface area (Å²) in [6.07, 6.45) is 2.21. The molecular formula is C18H22FN5O2. The van der Waals surface area contributed by atoms with Crippen molar-refractivity contribution in [1.29, 1.82) is 0 Å². The number of pyridine rings is 1. The van der Waals surface area contributed by atoms with Gasteiger partial charge in [-0.05, 0) is 12.5 Å². The largest absolute Gasteiger partial charge is 0.479 e. The molecule has 0 aliphatic heterocycles. The fraction of sp³-hybridized carbons (Fsp3) is 0.222. The van der Waals surface area contributed by atoms with Crippen molar-refractivity contribution in [2.45, 2.75) is 13.3 Å². The summed E-state index contributed by atoms with van der Waals surface area (Å²) in [6, 6.07) is 6.29. The second-order valence-corrected chi connectivity index (χ2v) is 5.57. The minimum Gasteiger partial charge on any atom is -0.479 e. The fourth-order valence-electron chi connectivity index (χ4n) is 2.38. The first-order chi connectivity index (χ1) is 12.4. The van der Waals surface area contributed by atoms with Crippen LogP contribution in [0.25, 0.3) is 16.8 Å². The number of aromatic nitrogens is 1. The molecule has 0 bridgehead atoms. The van der Waals surface area contributed by atoms with Crippen molar-refractivity contribution in [2.75, 3.05) is 19.4 Å². The maximum Gasteiger partial charge on any atom is 0.269 e. The lowest BCUT2D eigenvalue weighted by Crippen LogP contribution is -2.31. The monoisotopic (exact) mass is 359 g/mol. The molecule has 0 spiro atoms. The third-order valence-electron chi connectivity index (χ3n) is 3.78. The summed E-state index contributed by atoms with van der Waals surface area (Å²) in [7, 11) is 1.33. The SMILES string of the molecule is CCCNC(=O)/C(N)=C(\N)c1cccc(-c2cnc(OC)c(F)c2)c1N. The smallest absolute Gasteiger partial charge is 0.269 e. The van der Waals surface area contributed by atoms with Gasteiger partial charge in [-0.3, -0.25) is 4.79 Å². The number of nitrogens with one attached hydrogen (secondary N) is 1. The maximum atomic E-state index is 13.9. The number of rotatable bonds is 6. The normalized spacial score (nSPS) is 11.7. The zero-order valence-electron chi connectivity index (χ0n) is 14.7. The fourth-order valence-corrected chi connectivity index (χ4v) is 2.38. The summed E-state index contributed by atoms with van der Waals surface area (Å²) in [5.41, 5.74) is 19.6. The van der Waals surface area contributed by atoms with Gasteiger partial charge in [0.05, 0.1) is 12.8 Å². The van der Waals surface area contributed by atoms with Crippen LogP contribution in [0.5, 0.6) is 5.88 Å². The Bertz CT molecular complexity index is 851. The van der Waals surface area contributed by atoms with E-state index in [1.165, 1.54) is 19.4 Å². The quantitative estimate of drug-likeness (QED) is 0.458. The number of nitrogens with zero attached hydrogens (tertiary/aromatic N) is 1. The van der Waals surface area contributed by atoms with Crippen molar-refractivity contribution >= 4 is 17.3 Å². The number of nitrogen functional groups attached to an aromatic ring is 1. The van der Waals surface area contributed by atoms with Crippen molar-refractivity contribution in [3.8, 4) is 17.0 Å². The summed E-state index contributed by atoms with van der Waals surface area (Å²) >= 11 is 0. The average molecular weight is 359 g/mol. The highest BCUT2D eigenvalue weighted by Gasteiger charge is 2.16. The van der Waals surface area contributed by atoms with Crippen LogP contribution in [0.2, 0.25) is 0 Å². The predicted molar refractivity (Wildman–Crippen MR) is 99.2 cm³/mol. The Kier molecular flexibility index (Phi) is 6.00. The van der Waals surface area contributed by atoms with Crippen LogP contribution < -0.4 is 27.3 Å². The molecule has 7 N–H and O–H groups in total. The number of carbonyl (C=O) groups is 1. The van der Waals surface area contributed by atoms with Gasteiger partial charge in [-0.25, -0.2) is 9.37 Å². The highest BCUT2D eigenvalue weighted by atomic mass is 19.1. The lowest BCUT2D eigenvalue weighted by Gasteiger charge is -2.14. The summed E-state index contributed by atoms with van der Waals surface area (Å²) in [6.45, 7) is 2.41. The van der Waals surface area contributed by atoms with E-state index in [1.807, 2.05) is 6.92 Å². The standard InChI is InChI=1S/C18H22FN5O2/c1-3-7-23-17(25)16(22)15(21)12-6-4-5-11(14(12)20)10-8-13(19)18(26-2)24-9-10/h4-6,8-9H,3,7,20-22H2,1-2H3,(H,23,25)/b16-15+. The van der Waals surface area contributed by atoms with Crippen molar-refractivity contribution in [3.05, 3.63) is 47.5 Å². The highest BCUT2D eigenvalue weighted by Crippen LogP contribution is 2.32. The first-order valence-corrected chi connectivity index (χ1v) is 8.02. The van der Waals surface area contributed by atoms with Gasteiger partial charge in [-0.15, -0.1) is 0 Å². The third-order valence-corrected chi connectivity index (χ3v) is 3.78.